The number of sulfone groups is 1. The zero-order chi connectivity index (χ0) is 13.8. The predicted molar refractivity (Wildman–Crippen MR) is 68.8 cm³/mol. The monoisotopic (exact) mass is 266 g/mol. The summed E-state index contributed by atoms with van der Waals surface area (Å²) < 4.78 is 22.6. The average Bonchev–Trinajstić information content (AvgIpc) is 2.13. The molecular formula is C12H14N2O3S. The Morgan fingerprint density at radius 2 is 1.83 bits per heavy atom. The van der Waals surface area contributed by atoms with Crippen LogP contribution in [0.5, 0.6) is 0 Å². The molecule has 96 valence electrons. The first kappa shape index (κ1) is 14.2. The quantitative estimate of drug-likeness (QED) is 0.886. The van der Waals surface area contributed by atoms with E-state index in [0.717, 1.165) is 11.1 Å². The summed E-state index contributed by atoms with van der Waals surface area (Å²) in [6.07, 6.45) is 0. The fourth-order valence-corrected chi connectivity index (χ4v) is 2.36. The van der Waals surface area contributed by atoms with Gasteiger partial charge in [-0.2, -0.15) is 5.26 Å². The second kappa shape index (κ2) is 5.65. The number of benzene rings is 1. The van der Waals surface area contributed by atoms with E-state index in [0.29, 0.717) is 5.69 Å². The number of rotatable bonds is 4. The maximum Gasteiger partial charge on any atom is 0.239 e. The molecule has 0 bridgehead atoms. The van der Waals surface area contributed by atoms with E-state index in [-0.39, 0.29) is 0 Å². The number of nitriles is 1. The molecule has 5 nitrogen and oxygen atoms in total. The van der Waals surface area contributed by atoms with Crippen LogP contribution in [0.2, 0.25) is 0 Å². The van der Waals surface area contributed by atoms with Crippen molar-refractivity contribution in [2.75, 3.05) is 16.8 Å². The zero-order valence-corrected chi connectivity index (χ0v) is 11.0. The van der Waals surface area contributed by atoms with Crippen molar-refractivity contribution in [3.8, 4) is 6.07 Å². The van der Waals surface area contributed by atoms with Crippen LogP contribution in [0, 0.1) is 25.2 Å². The highest BCUT2D eigenvalue weighted by Gasteiger charge is 2.16. The lowest BCUT2D eigenvalue weighted by Gasteiger charge is -2.07. The Morgan fingerprint density at radius 1 is 1.28 bits per heavy atom. The molecule has 0 heterocycles. The Hall–Kier alpha value is -1.87. The molecule has 0 aliphatic heterocycles. The van der Waals surface area contributed by atoms with Gasteiger partial charge in [0.1, 0.15) is 11.5 Å². The summed E-state index contributed by atoms with van der Waals surface area (Å²) in [5, 5.41) is 10.8. The van der Waals surface area contributed by atoms with Crippen molar-refractivity contribution >= 4 is 21.4 Å². The molecule has 0 saturated carbocycles. The molecule has 0 fully saturated rings. The highest BCUT2D eigenvalue weighted by atomic mass is 32.2. The van der Waals surface area contributed by atoms with Crippen molar-refractivity contribution in [1.82, 2.24) is 0 Å². The minimum atomic E-state index is -3.64. The van der Waals surface area contributed by atoms with E-state index in [4.69, 9.17) is 5.26 Å². The van der Waals surface area contributed by atoms with Crippen molar-refractivity contribution in [1.29, 1.82) is 5.26 Å². The maximum atomic E-state index is 11.5. The van der Waals surface area contributed by atoms with Gasteiger partial charge >= 0.3 is 0 Å². The van der Waals surface area contributed by atoms with Crippen LogP contribution in [0.4, 0.5) is 5.69 Å². The summed E-state index contributed by atoms with van der Waals surface area (Å²) in [7, 11) is -3.64. The second-order valence-corrected chi connectivity index (χ2v) is 6.18. The molecule has 0 aliphatic carbocycles. The van der Waals surface area contributed by atoms with Gasteiger partial charge in [0.05, 0.1) is 6.07 Å². The van der Waals surface area contributed by atoms with Gasteiger partial charge in [-0.15, -0.1) is 0 Å². The maximum absolute atomic E-state index is 11.5. The number of aryl methyl sites for hydroxylation is 2. The lowest BCUT2D eigenvalue weighted by Crippen LogP contribution is -2.24. The van der Waals surface area contributed by atoms with Gasteiger partial charge in [-0.1, -0.05) is 6.07 Å². The molecule has 1 aromatic rings. The van der Waals surface area contributed by atoms with Gasteiger partial charge in [0.15, 0.2) is 9.84 Å². The van der Waals surface area contributed by atoms with Crippen LogP contribution in [-0.2, 0) is 14.6 Å². The average molecular weight is 266 g/mol. The van der Waals surface area contributed by atoms with Crippen LogP contribution >= 0.6 is 0 Å². The topological polar surface area (TPSA) is 87.0 Å². The number of carbonyl (C=O) groups is 1. The molecule has 0 unspecified atom stereocenters. The standard InChI is InChI=1S/C12H14N2O3S/c1-9-5-10(2)7-11(6-9)14-12(15)8-18(16,17)4-3-13/h5-7H,4,8H2,1-2H3,(H,14,15). The number of nitrogens with zero attached hydrogens (tertiary/aromatic N) is 1. The molecule has 1 amide bonds. The summed E-state index contributed by atoms with van der Waals surface area (Å²) in [5.41, 5.74) is 2.51. The Kier molecular flexibility index (Phi) is 4.45. The Morgan fingerprint density at radius 3 is 2.33 bits per heavy atom. The third-order valence-electron chi connectivity index (χ3n) is 2.14. The first-order valence-electron chi connectivity index (χ1n) is 5.28. The van der Waals surface area contributed by atoms with E-state index in [1.54, 1.807) is 12.1 Å². The molecule has 1 aromatic carbocycles. The van der Waals surface area contributed by atoms with Crippen molar-refractivity contribution in [3.05, 3.63) is 29.3 Å². The van der Waals surface area contributed by atoms with E-state index in [2.05, 4.69) is 5.32 Å². The Bertz CT molecular complexity index is 580. The lowest BCUT2D eigenvalue weighted by atomic mass is 10.1. The van der Waals surface area contributed by atoms with Gasteiger partial charge in [-0.3, -0.25) is 4.79 Å². The van der Waals surface area contributed by atoms with E-state index in [9.17, 15) is 13.2 Å². The number of hydrogen-bond acceptors (Lipinski definition) is 4. The molecule has 1 N–H and O–H groups in total. The van der Waals surface area contributed by atoms with Crippen molar-refractivity contribution < 1.29 is 13.2 Å². The lowest BCUT2D eigenvalue weighted by molar-refractivity contribution is -0.113. The van der Waals surface area contributed by atoms with E-state index < -0.39 is 27.3 Å². The zero-order valence-electron chi connectivity index (χ0n) is 10.2. The van der Waals surface area contributed by atoms with Crippen LogP contribution in [0.15, 0.2) is 18.2 Å². The first-order chi connectivity index (χ1) is 8.32. The molecule has 18 heavy (non-hydrogen) atoms. The van der Waals surface area contributed by atoms with Crippen LogP contribution in [0.1, 0.15) is 11.1 Å². The molecule has 0 atom stereocenters. The molecule has 0 spiro atoms. The van der Waals surface area contributed by atoms with Crippen LogP contribution in [-0.4, -0.2) is 25.8 Å². The number of anilines is 1. The molecule has 0 saturated heterocycles. The van der Waals surface area contributed by atoms with E-state index in [1.807, 2.05) is 19.9 Å². The summed E-state index contributed by atoms with van der Waals surface area (Å²) in [4.78, 5) is 11.5. The molecule has 0 radical (unpaired) electrons. The predicted octanol–water partition coefficient (Wildman–Crippen LogP) is 1.18. The fraction of sp³-hybridized carbons (Fsp3) is 0.333. The number of nitrogens with one attached hydrogen (secondary N) is 1. The highest BCUT2D eigenvalue weighted by Crippen LogP contribution is 2.13. The van der Waals surface area contributed by atoms with Crippen molar-refractivity contribution in [2.24, 2.45) is 0 Å². The molecular weight excluding hydrogens is 252 g/mol. The second-order valence-electron chi connectivity index (χ2n) is 4.11. The summed E-state index contributed by atoms with van der Waals surface area (Å²) in [6, 6.07) is 6.98. The summed E-state index contributed by atoms with van der Waals surface area (Å²) in [6.45, 7) is 3.77. The van der Waals surface area contributed by atoms with Crippen LogP contribution in [0.25, 0.3) is 0 Å². The Balaban J connectivity index is 2.74. The number of hydrogen-bond donors (Lipinski definition) is 1. The molecule has 6 heteroatoms. The van der Waals surface area contributed by atoms with Gasteiger partial charge in [0.2, 0.25) is 5.91 Å². The first-order valence-corrected chi connectivity index (χ1v) is 7.10. The minimum absolute atomic E-state index is 0.560. The SMILES string of the molecule is Cc1cc(C)cc(NC(=O)CS(=O)(=O)CC#N)c1. The van der Waals surface area contributed by atoms with Gasteiger partial charge < -0.3 is 5.32 Å². The molecule has 1 rings (SSSR count). The smallest absolute Gasteiger partial charge is 0.239 e. The van der Waals surface area contributed by atoms with Crippen molar-refractivity contribution in [2.45, 2.75) is 13.8 Å². The summed E-state index contributed by atoms with van der Waals surface area (Å²) in [5.74, 6) is -1.95. The molecule has 0 aromatic heterocycles. The third kappa shape index (κ3) is 4.55. The van der Waals surface area contributed by atoms with E-state index >= 15 is 0 Å². The van der Waals surface area contributed by atoms with Gasteiger partial charge in [0, 0.05) is 5.69 Å². The van der Waals surface area contributed by atoms with Gasteiger partial charge in [0.25, 0.3) is 0 Å². The number of carbonyl (C=O) groups excluding carboxylic acids is 1. The van der Waals surface area contributed by atoms with Gasteiger partial charge in [-0.25, -0.2) is 8.42 Å². The third-order valence-corrected chi connectivity index (χ3v) is 3.41. The highest BCUT2D eigenvalue weighted by molar-refractivity contribution is 7.92. The normalized spacial score (nSPS) is 10.7. The summed E-state index contributed by atoms with van der Waals surface area (Å²) >= 11 is 0. The van der Waals surface area contributed by atoms with Crippen LogP contribution in [0.3, 0.4) is 0 Å². The Labute approximate surface area is 106 Å². The van der Waals surface area contributed by atoms with Crippen LogP contribution < -0.4 is 5.32 Å². The largest absolute Gasteiger partial charge is 0.325 e. The minimum Gasteiger partial charge on any atom is -0.325 e. The fourth-order valence-electron chi connectivity index (χ4n) is 1.59. The van der Waals surface area contributed by atoms with Gasteiger partial charge in [-0.05, 0) is 37.1 Å². The number of amides is 1. The molecule has 0 aliphatic rings. The van der Waals surface area contributed by atoms with E-state index in [1.165, 1.54) is 6.07 Å². The van der Waals surface area contributed by atoms with Crippen molar-refractivity contribution in [3.63, 3.8) is 0 Å².